The smallest absolute Gasteiger partial charge is 0.243 e. The maximum absolute atomic E-state index is 12.7. The van der Waals surface area contributed by atoms with Crippen molar-refractivity contribution in [1.29, 1.82) is 0 Å². The SMILES string of the molecule is COc1cc(S(=O)(=O)N(C)CC(=O)NCc2ccco2)ccc1NC(C)=O. The Bertz CT molecular complexity index is 909. The number of ether oxygens (including phenoxy) is 1. The Balaban J connectivity index is 2.09. The average molecular weight is 395 g/mol. The van der Waals surface area contributed by atoms with Crippen molar-refractivity contribution in [2.45, 2.75) is 18.4 Å². The monoisotopic (exact) mass is 395 g/mol. The van der Waals surface area contributed by atoms with E-state index in [1.165, 1.54) is 45.5 Å². The van der Waals surface area contributed by atoms with Gasteiger partial charge < -0.3 is 19.8 Å². The minimum atomic E-state index is -3.93. The van der Waals surface area contributed by atoms with E-state index in [1.807, 2.05) is 0 Å². The van der Waals surface area contributed by atoms with E-state index >= 15 is 0 Å². The number of nitrogens with zero attached hydrogens (tertiary/aromatic N) is 1. The lowest BCUT2D eigenvalue weighted by Crippen LogP contribution is -2.38. The molecule has 10 heteroatoms. The molecule has 0 aliphatic carbocycles. The van der Waals surface area contributed by atoms with Gasteiger partial charge in [0.25, 0.3) is 0 Å². The normalized spacial score (nSPS) is 11.3. The van der Waals surface area contributed by atoms with Crippen molar-refractivity contribution >= 4 is 27.5 Å². The van der Waals surface area contributed by atoms with Crippen molar-refractivity contribution < 1.29 is 27.2 Å². The van der Waals surface area contributed by atoms with Crippen molar-refractivity contribution in [2.24, 2.45) is 0 Å². The molecule has 0 atom stereocenters. The highest BCUT2D eigenvalue weighted by Crippen LogP contribution is 2.28. The highest BCUT2D eigenvalue weighted by Gasteiger charge is 2.24. The molecule has 2 aromatic rings. The van der Waals surface area contributed by atoms with Gasteiger partial charge in [-0.05, 0) is 24.3 Å². The van der Waals surface area contributed by atoms with Gasteiger partial charge in [-0.1, -0.05) is 0 Å². The van der Waals surface area contributed by atoms with Gasteiger partial charge in [0.05, 0.1) is 37.0 Å². The van der Waals surface area contributed by atoms with Crippen molar-refractivity contribution in [1.82, 2.24) is 9.62 Å². The molecule has 0 aliphatic rings. The zero-order valence-corrected chi connectivity index (χ0v) is 16.0. The highest BCUT2D eigenvalue weighted by atomic mass is 32.2. The van der Waals surface area contributed by atoms with Crippen LogP contribution in [0.2, 0.25) is 0 Å². The molecule has 27 heavy (non-hydrogen) atoms. The lowest BCUT2D eigenvalue weighted by molar-refractivity contribution is -0.121. The van der Waals surface area contributed by atoms with E-state index < -0.39 is 15.9 Å². The molecule has 0 aliphatic heterocycles. The van der Waals surface area contributed by atoms with Gasteiger partial charge >= 0.3 is 0 Å². The Kier molecular flexibility index (Phi) is 6.59. The first kappa shape index (κ1) is 20.5. The van der Waals surface area contributed by atoms with Gasteiger partial charge in [0, 0.05) is 20.0 Å². The summed E-state index contributed by atoms with van der Waals surface area (Å²) in [5.74, 6) is -0.0253. The summed E-state index contributed by atoms with van der Waals surface area (Å²) in [6.45, 7) is 1.14. The van der Waals surface area contributed by atoms with Crippen LogP contribution in [-0.4, -0.2) is 45.2 Å². The van der Waals surface area contributed by atoms with E-state index in [0.29, 0.717) is 11.4 Å². The number of benzene rings is 1. The molecule has 0 radical (unpaired) electrons. The second-order valence-corrected chi connectivity index (χ2v) is 7.71. The summed E-state index contributed by atoms with van der Waals surface area (Å²) in [5, 5.41) is 5.13. The van der Waals surface area contributed by atoms with E-state index in [4.69, 9.17) is 9.15 Å². The number of likely N-dealkylation sites (N-methyl/N-ethyl adjacent to an activating group) is 1. The Morgan fingerprint density at radius 3 is 2.59 bits per heavy atom. The number of rotatable bonds is 8. The maximum atomic E-state index is 12.7. The average Bonchev–Trinajstić information content (AvgIpc) is 3.13. The molecule has 2 N–H and O–H groups in total. The summed E-state index contributed by atoms with van der Waals surface area (Å²) < 4.78 is 36.5. The van der Waals surface area contributed by atoms with Crippen molar-refractivity contribution in [3.05, 3.63) is 42.4 Å². The summed E-state index contributed by atoms with van der Waals surface area (Å²) >= 11 is 0. The van der Waals surface area contributed by atoms with Crippen LogP contribution in [0.4, 0.5) is 5.69 Å². The molecule has 2 rings (SSSR count). The summed E-state index contributed by atoms with van der Waals surface area (Å²) in [5.41, 5.74) is 0.350. The van der Waals surface area contributed by atoms with E-state index in [0.717, 1.165) is 4.31 Å². The van der Waals surface area contributed by atoms with Crippen LogP contribution < -0.4 is 15.4 Å². The first-order valence-electron chi connectivity index (χ1n) is 7.95. The van der Waals surface area contributed by atoms with Crippen LogP contribution in [0.5, 0.6) is 5.75 Å². The highest BCUT2D eigenvalue weighted by molar-refractivity contribution is 7.89. The van der Waals surface area contributed by atoms with Gasteiger partial charge in [-0.25, -0.2) is 8.42 Å². The van der Waals surface area contributed by atoms with Gasteiger partial charge in [0.15, 0.2) is 0 Å². The van der Waals surface area contributed by atoms with Crippen molar-refractivity contribution in [3.8, 4) is 5.75 Å². The molecule has 0 saturated heterocycles. The standard InChI is InChI=1S/C17H21N3O6S/c1-12(21)19-15-7-6-14(9-16(15)25-3)27(23,24)20(2)11-17(22)18-10-13-5-4-8-26-13/h4-9H,10-11H2,1-3H3,(H,18,22)(H,19,21). The summed E-state index contributed by atoms with van der Waals surface area (Å²) in [6, 6.07) is 7.44. The van der Waals surface area contributed by atoms with Crippen LogP contribution in [0, 0.1) is 0 Å². The number of furan rings is 1. The van der Waals surface area contributed by atoms with Crippen molar-refractivity contribution in [3.63, 3.8) is 0 Å². The number of nitrogens with one attached hydrogen (secondary N) is 2. The molecule has 1 aromatic carbocycles. The Hall–Kier alpha value is -2.85. The lowest BCUT2D eigenvalue weighted by Gasteiger charge is -2.18. The van der Waals surface area contributed by atoms with Gasteiger partial charge in [-0.15, -0.1) is 0 Å². The predicted molar refractivity (Wildman–Crippen MR) is 97.7 cm³/mol. The maximum Gasteiger partial charge on any atom is 0.243 e. The van der Waals surface area contributed by atoms with Gasteiger partial charge in [0.2, 0.25) is 21.8 Å². The summed E-state index contributed by atoms with van der Waals surface area (Å²) in [4.78, 5) is 23.1. The summed E-state index contributed by atoms with van der Waals surface area (Å²) in [7, 11) is -1.26. The molecule has 1 aromatic heterocycles. The van der Waals surface area contributed by atoms with Gasteiger partial charge in [-0.3, -0.25) is 9.59 Å². The first-order valence-corrected chi connectivity index (χ1v) is 9.39. The Morgan fingerprint density at radius 1 is 1.26 bits per heavy atom. The van der Waals surface area contributed by atoms with Crippen molar-refractivity contribution in [2.75, 3.05) is 26.0 Å². The third kappa shape index (κ3) is 5.31. The molecule has 0 fully saturated rings. The molecular weight excluding hydrogens is 374 g/mol. The number of methoxy groups -OCH3 is 1. The first-order chi connectivity index (χ1) is 12.7. The number of hydrogen-bond donors (Lipinski definition) is 2. The van der Waals surface area contributed by atoms with Crippen LogP contribution in [0.3, 0.4) is 0 Å². The number of amides is 2. The van der Waals surface area contributed by atoms with Crippen LogP contribution in [0.1, 0.15) is 12.7 Å². The largest absolute Gasteiger partial charge is 0.495 e. The van der Waals surface area contributed by atoms with Crippen LogP contribution in [0.25, 0.3) is 0 Å². The Morgan fingerprint density at radius 2 is 2.00 bits per heavy atom. The summed E-state index contributed by atoms with van der Waals surface area (Å²) in [6.07, 6.45) is 1.48. The molecular formula is C17H21N3O6S. The zero-order valence-electron chi connectivity index (χ0n) is 15.2. The second kappa shape index (κ2) is 8.69. The molecule has 0 saturated carbocycles. The fraction of sp³-hybridized carbons (Fsp3) is 0.294. The van der Waals surface area contributed by atoms with E-state index in [1.54, 1.807) is 12.1 Å². The molecule has 0 spiro atoms. The van der Waals surface area contributed by atoms with Gasteiger partial charge in [-0.2, -0.15) is 4.31 Å². The lowest BCUT2D eigenvalue weighted by atomic mass is 10.3. The number of hydrogen-bond acceptors (Lipinski definition) is 6. The minimum Gasteiger partial charge on any atom is -0.495 e. The molecule has 0 unspecified atom stereocenters. The molecule has 9 nitrogen and oxygen atoms in total. The quantitative estimate of drug-likeness (QED) is 0.693. The number of carbonyl (C=O) groups is 2. The van der Waals surface area contributed by atoms with Crippen LogP contribution >= 0.6 is 0 Å². The number of anilines is 1. The fourth-order valence-corrected chi connectivity index (χ4v) is 3.39. The molecule has 2 amide bonds. The third-order valence-electron chi connectivity index (χ3n) is 3.60. The van der Waals surface area contributed by atoms with E-state index in [2.05, 4.69) is 10.6 Å². The molecule has 0 bridgehead atoms. The van der Waals surface area contributed by atoms with Crippen LogP contribution in [0.15, 0.2) is 45.9 Å². The topological polar surface area (TPSA) is 118 Å². The van der Waals surface area contributed by atoms with E-state index in [-0.39, 0.29) is 29.6 Å². The predicted octanol–water partition coefficient (Wildman–Crippen LogP) is 1.18. The Labute approximate surface area is 157 Å². The van der Waals surface area contributed by atoms with Crippen LogP contribution in [-0.2, 0) is 26.2 Å². The van der Waals surface area contributed by atoms with E-state index in [9.17, 15) is 18.0 Å². The second-order valence-electron chi connectivity index (χ2n) is 5.66. The number of carbonyl (C=O) groups excluding carboxylic acids is 2. The third-order valence-corrected chi connectivity index (χ3v) is 5.40. The fourth-order valence-electron chi connectivity index (χ4n) is 2.25. The molecule has 1 heterocycles. The van der Waals surface area contributed by atoms with Gasteiger partial charge in [0.1, 0.15) is 11.5 Å². The minimum absolute atomic E-state index is 0.0604. The molecule has 146 valence electrons. The zero-order chi connectivity index (χ0) is 20.0. The number of sulfonamides is 1.